The van der Waals surface area contributed by atoms with E-state index in [0.29, 0.717) is 23.2 Å². The van der Waals surface area contributed by atoms with E-state index in [9.17, 15) is 8.42 Å². The molecule has 166 valence electrons. The molecule has 0 heterocycles. The number of fused-ring (bicyclic) bond motifs is 2. The minimum atomic E-state index is -3.69. The zero-order valence-electron chi connectivity index (χ0n) is 18.2. The highest BCUT2D eigenvalue weighted by Crippen LogP contribution is 2.34. The van der Waals surface area contributed by atoms with Gasteiger partial charge in [0.05, 0.1) is 7.11 Å². The number of sulfonamides is 1. The second-order valence-electron chi connectivity index (χ2n) is 7.84. The lowest BCUT2D eigenvalue weighted by molar-refractivity contribution is 0.398. The maximum atomic E-state index is 13.2. The summed E-state index contributed by atoms with van der Waals surface area (Å²) < 4.78 is 33.8. The number of benzene rings is 3. The summed E-state index contributed by atoms with van der Waals surface area (Å²) in [5.41, 5.74) is 6.30. The van der Waals surface area contributed by atoms with Gasteiger partial charge in [-0.3, -0.25) is 0 Å². The van der Waals surface area contributed by atoms with E-state index in [1.165, 1.54) is 39.2 Å². The fourth-order valence-corrected chi connectivity index (χ4v) is 6.04. The molecule has 0 amide bonds. The molecule has 0 aromatic heterocycles. The van der Waals surface area contributed by atoms with Crippen LogP contribution in [0.25, 0.3) is 5.57 Å². The molecule has 0 N–H and O–H groups in total. The Balaban J connectivity index is 1.63. The van der Waals surface area contributed by atoms with Crippen molar-refractivity contribution < 1.29 is 13.2 Å². The van der Waals surface area contributed by atoms with Crippen molar-refractivity contribution in [3.05, 3.63) is 99.5 Å². The van der Waals surface area contributed by atoms with Crippen molar-refractivity contribution in [1.82, 2.24) is 4.31 Å². The van der Waals surface area contributed by atoms with Crippen LogP contribution in [0.5, 0.6) is 5.75 Å². The molecule has 0 radical (unpaired) electrons. The lowest BCUT2D eigenvalue weighted by Crippen LogP contribution is -2.28. The predicted molar refractivity (Wildman–Crippen MR) is 132 cm³/mol. The van der Waals surface area contributed by atoms with Gasteiger partial charge in [0.25, 0.3) is 0 Å². The van der Waals surface area contributed by atoms with E-state index in [4.69, 9.17) is 4.74 Å². The Morgan fingerprint density at radius 1 is 0.969 bits per heavy atom. The van der Waals surface area contributed by atoms with Crippen molar-refractivity contribution in [2.45, 2.75) is 24.2 Å². The molecule has 0 saturated heterocycles. The monoisotopic (exact) mass is 511 g/mol. The number of aryl methyl sites for hydroxylation is 2. The molecule has 1 aliphatic rings. The van der Waals surface area contributed by atoms with Crippen LogP contribution in [-0.2, 0) is 22.9 Å². The molecule has 0 unspecified atom stereocenters. The molecule has 0 bridgehead atoms. The van der Waals surface area contributed by atoms with E-state index < -0.39 is 10.0 Å². The van der Waals surface area contributed by atoms with Crippen LogP contribution < -0.4 is 4.74 Å². The minimum absolute atomic E-state index is 0.162. The zero-order valence-corrected chi connectivity index (χ0v) is 20.6. The molecule has 0 fully saturated rings. The van der Waals surface area contributed by atoms with Crippen LogP contribution in [0.1, 0.15) is 28.7 Å². The number of ether oxygens (including phenoxy) is 1. The molecule has 0 saturated carbocycles. The molecule has 0 spiro atoms. The summed E-state index contributed by atoms with van der Waals surface area (Å²) in [6.07, 6.45) is 4.78. The minimum Gasteiger partial charge on any atom is -0.495 e. The van der Waals surface area contributed by atoms with E-state index in [-0.39, 0.29) is 4.90 Å². The van der Waals surface area contributed by atoms with Gasteiger partial charge in [-0.1, -0.05) is 70.5 Å². The first-order valence-corrected chi connectivity index (χ1v) is 12.8. The van der Waals surface area contributed by atoms with Crippen LogP contribution in [0.3, 0.4) is 0 Å². The quantitative estimate of drug-likeness (QED) is 0.426. The first kappa shape index (κ1) is 22.8. The van der Waals surface area contributed by atoms with Gasteiger partial charge in [-0.15, -0.1) is 0 Å². The van der Waals surface area contributed by atoms with E-state index in [1.807, 2.05) is 0 Å². The van der Waals surface area contributed by atoms with E-state index >= 15 is 0 Å². The summed E-state index contributed by atoms with van der Waals surface area (Å²) in [7, 11) is -0.592. The van der Waals surface area contributed by atoms with Crippen LogP contribution in [0, 0.1) is 0 Å². The van der Waals surface area contributed by atoms with E-state index in [2.05, 4.69) is 70.5 Å². The second-order valence-corrected chi connectivity index (χ2v) is 10.8. The lowest BCUT2D eigenvalue weighted by Gasteiger charge is -2.19. The van der Waals surface area contributed by atoms with Gasteiger partial charge >= 0.3 is 0 Å². The zero-order chi connectivity index (χ0) is 22.7. The molecule has 4 rings (SSSR count). The third-order valence-corrected chi connectivity index (χ3v) is 8.26. The highest BCUT2D eigenvalue weighted by Gasteiger charge is 2.25. The molecular formula is C26H26BrNO3S. The van der Waals surface area contributed by atoms with Crippen LogP contribution in [0.4, 0.5) is 0 Å². The van der Waals surface area contributed by atoms with Crippen LogP contribution in [0.2, 0.25) is 0 Å². The number of hydrogen-bond acceptors (Lipinski definition) is 3. The normalized spacial score (nSPS) is 13.3. The van der Waals surface area contributed by atoms with Crippen LogP contribution >= 0.6 is 15.9 Å². The van der Waals surface area contributed by atoms with Gasteiger partial charge in [0.15, 0.2) is 0 Å². The summed E-state index contributed by atoms with van der Waals surface area (Å²) >= 11 is 3.36. The predicted octanol–water partition coefficient (Wildman–Crippen LogP) is 5.70. The Morgan fingerprint density at radius 2 is 1.56 bits per heavy atom. The van der Waals surface area contributed by atoms with Crippen molar-refractivity contribution in [3.8, 4) is 5.75 Å². The van der Waals surface area contributed by atoms with Gasteiger partial charge in [0.2, 0.25) is 10.0 Å². The van der Waals surface area contributed by atoms with Crippen molar-refractivity contribution in [2.75, 3.05) is 20.7 Å². The summed E-state index contributed by atoms with van der Waals surface area (Å²) in [6.45, 7) is 0.367. The molecular weight excluding hydrogens is 486 g/mol. The van der Waals surface area contributed by atoms with Gasteiger partial charge in [0, 0.05) is 18.1 Å². The summed E-state index contributed by atoms with van der Waals surface area (Å²) in [6, 6.07) is 22.0. The number of halogens is 1. The lowest BCUT2D eigenvalue weighted by atomic mass is 9.93. The second kappa shape index (κ2) is 9.61. The van der Waals surface area contributed by atoms with E-state index in [1.54, 1.807) is 25.2 Å². The molecule has 1 aliphatic carbocycles. The third kappa shape index (κ3) is 4.53. The Bertz CT molecular complexity index is 1220. The first-order valence-electron chi connectivity index (χ1n) is 10.6. The molecule has 3 aromatic rings. The molecule has 32 heavy (non-hydrogen) atoms. The molecule has 6 heteroatoms. The van der Waals surface area contributed by atoms with Gasteiger partial charge in [0.1, 0.15) is 10.6 Å². The Morgan fingerprint density at radius 3 is 2.16 bits per heavy atom. The summed E-state index contributed by atoms with van der Waals surface area (Å²) in [5, 5.41) is 0. The highest BCUT2D eigenvalue weighted by molar-refractivity contribution is 9.10. The number of hydrogen-bond donors (Lipinski definition) is 0. The average Bonchev–Trinajstić information content (AvgIpc) is 2.96. The SMILES string of the molecule is COc1ccc(Br)cc1S(=O)(=O)N(C)CCC=C1c2ccccc2CCc2ccccc21. The largest absolute Gasteiger partial charge is 0.495 e. The molecule has 0 atom stereocenters. The molecule has 4 nitrogen and oxygen atoms in total. The number of nitrogens with zero attached hydrogens (tertiary/aromatic N) is 1. The first-order chi connectivity index (χ1) is 15.4. The number of methoxy groups -OCH3 is 1. The van der Waals surface area contributed by atoms with Crippen LogP contribution in [-0.4, -0.2) is 33.4 Å². The Hall–Kier alpha value is -2.41. The Kier molecular flexibility index (Phi) is 6.84. The number of rotatable bonds is 6. The summed E-state index contributed by atoms with van der Waals surface area (Å²) in [5.74, 6) is 0.338. The van der Waals surface area contributed by atoms with Crippen LogP contribution in [0.15, 0.2) is 82.2 Å². The fraction of sp³-hybridized carbons (Fsp3) is 0.231. The standard InChI is InChI=1S/C26H26BrNO3S/c1-28(32(29,30)26-18-21(27)15-16-25(26)31-2)17-7-12-24-22-10-5-3-8-19(22)13-14-20-9-4-6-11-23(20)24/h3-6,8-12,15-16,18H,7,13-14,17H2,1-2H3. The summed E-state index contributed by atoms with van der Waals surface area (Å²) in [4.78, 5) is 0.162. The Labute approximate surface area is 198 Å². The maximum absolute atomic E-state index is 13.2. The van der Waals surface area contributed by atoms with Crippen molar-refractivity contribution in [3.63, 3.8) is 0 Å². The van der Waals surface area contributed by atoms with Gasteiger partial charge in [-0.25, -0.2) is 12.7 Å². The van der Waals surface area contributed by atoms with Gasteiger partial charge < -0.3 is 4.74 Å². The van der Waals surface area contributed by atoms with Gasteiger partial charge in [-0.05, 0) is 65.3 Å². The molecule has 0 aliphatic heterocycles. The molecule has 3 aromatic carbocycles. The topological polar surface area (TPSA) is 46.6 Å². The highest BCUT2D eigenvalue weighted by atomic mass is 79.9. The maximum Gasteiger partial charge on any atom is 0.246 e. The van der Waals surface area contributed by atoms with E-state index in [0.717, 1.165) is 12.8 Å². The third-order valence-electron chi connectivity index (χ3n) is 5.89. The average molecular weight is 512 g/mol. The van der Waals surface area contributed by atoms with Crippen molar-refractivity contribution >= 4 is 31.5 Å². The van der Waals surface area contributed by atoms with Crippen molar-refractivity contribution in [1.29, 1.82) is 0 Å². The smallest absolute Gasteiger partial charge is 0.246 e. The van der Waals surface area contributed by atoms with Gasteiger partial charge in [-0.2, -0.15) is 0 Å². The van der Waals surface area contributed by atoms with Crippen molar-refractivity contribution in [2.24, 2.45) is 0 Å². The fourth-order valence-electron chi connectivity index (χ4n) is 4.17.